The molecule has 1 heterocycles. The number of terminal acetylenes is 1. The molecule has 0 unspecified atom stereocenters. The highest BCUT2D eigenvalue weighted by atomic mass is 16.4. The molecule has 4 nitrogen and oxygen atoms in total. The number of hydrogen-bond acceptors (Lipinski definition) is 3. The summed E-state index contributed by atoms with van der Waals surface area (Å²) >= 11 is 0. The lowest BCUT2D eigenvalue weighted by Crippen LogP contribution is -2.23. The molecule has 0 saturated heterocycles. The van der Waals surface area contributed by atoms with Crippen LogP contribution in [0.25, 0.3) is 0 Å². The van der Waals surface area contributed by atoms with Gasteiger partial charge in [-0.15, -0.1) is 12.3 Å². The molecule has 15 heavy (non-hydrogen) atoms. The van der Waals surface area contributed by atoms with Gasteiger partial charge in [-0.3, -0.25) is 4.79 Å². The van der Waals surface area contributed by atoms with Gasteiger partial charge in [-0.2, -0.15) is 0 Å². The van der Waals surface area contributed by atoms with Crippen LogP contribution in [0.4, 0.5) is 0 Å². The lowest BCUT2D eigenvalue weighted by atomic mass is 10.3. The van der Waals surface area contributed by atoms with Crippen molar-refractivity contribution in [3.05, 3.63) is 23.7 Å². The Morgan fingerprint density at radius 1 is 1.60 bits per heavy atom. The second-order valence-corrected chi connectivity index (χ2v) is 3.03. The van der Waals surface area contributed by atoms with Crippen molar-refractivity contribution in [3.63, 3.8) is 0 Å². The molecule has 0 aliphatic rings. The summed E-state index contributed by atoms with van der Waals surface area (Å²) in [5.74, 6) is 3.16. The summed E-state index contributed by atoms with van der Waals surface area (Å²) in [7, 11) is 0. The molecule has 0 spiro atoms. The molecule has 0 radical (unpaired) electrons. The topological polar surface area (TPSA) is 68.3 Å². The Balaban J connectivity index is 2.37. The highest BCUT2D eigenvalue weighted by Crippen LogP contribution is 2.06. The fourth-order valence-corrected chi connectivity index (χ4v) is 1.09. The predicted molar refractivity (Wildman–Crippen MR) is 57.0 cm³/mol. The van der Waals surface area contributed by atoms with Crippen LogP contribution in [0, 0.1) is 12.3 Å². The zero-order valence-corrected chi connectivity index (χ0v) is 8.45. The van der Waals surface area contributed by atoms with Crippen LogP contribution in [-0.4, -0.2) is 12.5 Å². The Hall–Kier alpha value is -1.73. The third-order valence-electron chi connectivity index (χ3n) is 1.87. The van der Waals surface area contributed by atoms with Crippen molar-refractivity contribution in [1.29, 1.82) is 0 Å². The molecule has 0 atom stereocenters. The summed E-state index contributed by atoms with van der Waals surface area (Å²) in [6.45, 7) is 0.853. The normalized spacial score (nSPS) is 9.60. The second kappa shape index (κ2) is 5.89. The van der Waals surface area contributed by atoms with E-state index in [-0.39, 0.29) is 11.7 Å². The van der Waals surface area contributed by atoms with E-state index in [2.05, 4.69) is 11.2 Å². The fraction of sp³-hybridized carbons (Fsp3) is 0.364. The second-order valence-electron chi connectivity index (χ2n) is 3.03. The van der Waals surface area contributed by atoms with Gasteiger partial charge < -0.3 is 15.5 Å². The average molecular weight is 206 g/mol. The molecule has 0 aromatic carbocycles. The van der Waals surface area contributed by atoms with E-state index in [1.807, 2.05) is 0 Å². The summed E-state index contributed by atoms with van der Waals surface area (Å²) in [6.07, 6.45) is 6.51. The van der Waals surface area contributed by atoms with Gasteiger partial charge in [-0.1, -0.05) is 0 Å². The third-order valence-corrected chi connectivity index (χ3v) is 1.87. The molecule has 4 heteroatoms. The number of furan rings is 1. The summed E-state index contributed by atoms with van der Waals surface area (Å²) in [5, 5.41) is 2.70. The Bertz CT molecular complexity index is 363. The maximum absolute atomic E-state index is 11.4. The maximum atomic E-state index is 11.4. The monoisotopic (exact) mass is 206 g/mol. The van der Waals surface area contributed by atoms with Crippen molar-refractivity contribution in [2.45, 2.75) is 19.4 Å². The first-order valence-electron chi connectivity index (χ1n) is 4.78. The first kappa shape index (κ1) is 11.3. The summed E-state index contributed by atoms with van der Waals surface area (Å²) in [5.41, 5.74) is 5.36. The molecule has 3 N–H and O–H groups in total. The van der Waals surface area contributed by atoms with Gasteiger partial charge in [0.05, 0.1) is 6.54 Å². The van der Waals surface area contributed by atoms with E-state index in [0.29, 0.717) is 25.3 Å². The minimum atomic E-state index is -0.230. The van der Waals surface area contributed by atoms with Crippen molar-refractivity contribution in [3.8, 4) is 12.3 Å². The van der Waals surface area contributed by atoms with Crippen LogP contribution < -0.4 is 11.1 Å². The standard InChI is InChI=1S/C11H14N2O2/c1-2-3-4-7-13-11(14)10-6-5-9(8-12)15-10/h1,5-6H,3-4,7-8,12H2,(H,13,14). The SMILES string of the molecule is C#CCCCNC(=O)c1ccc(CN)o1. The Kier molecular flexibility index (Phi) is 4.45. The van der Waals surface area contributed by atoms with E-state index in [0.717, 1.165) is 6.42 Å². The number of carbonyl (C=O) groups excluding carboxylic acids is 1. The molecule has 0 aliphatic heterocycles. The number of unbranched alkanes of at least 4 members (excludes halogenated alkanes) is 1. The van der Waals surface area contributed by atoms with Crippen LogP contribution in [-0.2, 0) is 6.54 Å². The average Bonchev–Trinajstić information content (AvgIpc) is 2.72. The molecule has 0 fully saturated rings. The predicted octanol–water partition coefficient (Wildman–Crippen LogP) is 0.882. The number of nitrogens with two attached hydrogens (primary N) is 1. The lowest BCUT2D eigenvalue weighted by Gasteiger charge is -2.00. The number of amides is 1. The molecular formula is C11H14N2O2. The maximum Gasteiger partial charge on any atom is 0.286 e. The van der Waals surface area contributed by atoms with Crippen LogP contribution in [0.3, 0.4) is 0 Å². The fourth-order valence-electron chi connectivity index (χ4n) is 1.09. The van der Waals surface area contributed by atoms with Crippen molar-refractivity contribution in [2.75, 3.05) is 6.54 Å². The van der Waals surface area contributed by atoms with Crippen LogP contribution in [0.1, 0.15) is 29.2 Å². The van der Waals surface area contributed by atoms with Gasteiger partial charge >= 0.3 is 0 Å². The van der Waals surface area contributed by atoms with Gasteiger partial charge in [0.15, 0.2) is 5.76 Å². The molecule has 0 saturated carbocycles. The van der Waals surface area contributed by atoms with E-state index < -0.39 is 0 Å². The van der Waals surface area contributed by atoms with Gasteiger partial charge in [-0.25, -0.2) is 0 Å². The van der Waals surface area contributed by atoms with Crippen LogP contribution in [0.2, 0.25) is 0 Å². The minimum absolute atomic E-state index is 0.230. The minimum Gasteiger partial charge on any atom is -0.455 e. The number of nitrogens with one attached hydrogen (secondary N) is 1. The van der Waals surface area contributed by atoms with Crippen molar-refractivity contribution < 1.29 is 9.21 Å². The van der Waals surface area contributed by atoms with E-state index in [1.165, 1.54) is 0 Å². The molecule has 1 rings (SSSR count). The van der Waals surface area contributed by atoms with Gasteiger partial charge in [0.2, 0.25) is 0 Å². The molecule has 1 aromatic heterocycles. The van der Waals surface area contributed by atoms with E-state index in [1.54, 1.807) is 12.1 Å². The van der Waals surface area contributed by atoms with Crippen molar-refractivity contribution >= 4 is 5.91 Å². The molecule has 0 aliphatic carbocycles. The largest absolute Gasteiger partial charge is 0.455 e. The van der Waals surface area contributed by atoms with E-state index in [9.17, 15) is 4.79 Å². The third kappa shape index (κ3) is 3.49. The van der Waals surface area contributed by atoms with Gasteiger partial charge in [0.25, 0.3) is 5.91 Å². The zero-order chi connectivity index (χ0) is 11.1. The highest BCUT2D eigenvalue weighted by Gasteiger charge is 2.09. The highest BCUT2D eigenvalue weighted by molar-refractivity contribution is 5.91. The molecule has 1 amide bonds. The van der Waals surface area contributed by atoms with Crippen molar-refractivity contribution in [2.24, 2.45) is 5.73 Å². The Morgan fingerprint density at radius 2 is 2.40 bits per heavy atom. The number of rotatable bonds is 5. The van der Waals surface area contributed by atoms with Crippen molar-refractivity contribution in [1.82, 2.24) is 5.32 Å². The molecule has 0 bridgehead atoms. The first-order chi connectivity index (χ1) is 7.27. The number of hydrogen-bond donors (Lipinski definition) is 2. The summed E-state index contributed by atoms with van der Waals surface area (Å²) in [6, 6.07) is 3.30. The Morgan fingerprint density at radius 3 is 3.00 bits per heavy atom. The smallest absolute Gasteiger partial charge is 0.286 e. The molecule has 80 valence electrons. The molecular weight excluding hydrogens is 192 g/mol. The number of carbonyl (C=O) groups is 1. The quantitative estimate of drug-likeness (QED) is 0.555. The summed E-state index contributed by atoms with van der Waals surface area (Å²) in [4.78, 5) is 11.4. The van der Waals surface area contributed by atoms with E-state index >= 15 is 0 Å². The summed E-state index contributed by atoms with van der Waals surface area (Å²) < 4.78 is 5.17. The Labute approximate surface area is 88.8 Å². The van der Waals surface area contributed by atoms with Gasteiger partial charge in [0, 0.05) is 13.0 Å². The van der Waals surface area contributed by atoms with Crippen LogP contribution >= 0.6 is 0 Å². The van der Waals surface area contributed by atoms with Crippen LogP contribution in [0.15, 0.2) is 16.5 Å². The zero-order valence-electron chi connectivity index (χ0n) is 8.45. The first-order valence-corrected chi connectivity index (χ1v) is 4.78. The van der Waals surface area contributed by atoms with Crippen LogP contribution in [0.5, 0.6) is 0 Å². The van der Waals surface area contributed by atoms with Gasteiger partial charge in [-0.05, 0) is 18.6 Å². The van der Waals surface area contributed by atoms with E-state index in [4.69, 9.17) is 16.6 Å². The van der Waals surface area contributed by atoms with Gasteiger partial charge in [0.1, 0.15) is 5.76 Å². The molecule has 1 aromatic rings. The lowest BCUT2D eigenvalue weighted by molar-refractivity contribution is 0.0924.